The van der Waals surface area contributed by atoms with E-state index in [9.17, 15) is 23.1 Å². The summed E-state index contributed by atoms with van der Waals surface area (Å²) < 4.78 is 41.8. The zero-order valence-corrected chi connectivity index (χ0v) is 15.8. The largest absolute Gasteiger partial charge is 0.435 e. The number of halogens is 4. The summed E-state index contributed by atoms with van der Waals surface area (Å²) in [4.78, 5) is 12.3. The molecule has 0 bridgehead atoms. The van der Waals surface area contributed by atoms with Gasteiger partial charge in [-0.3, -0.25) is 4.79 Å². The van der Waals surface area contributed by atoms with Crippen molar-refractivity contribution in [3.63, 3.8) is 0 Å². The zero-order valence-electron chi connectivity index (χ0n) is 14.2. The third-order valence-electron chi connectivity index (χ3n) is 4.32. The SMILES string of the molecule is O=C(NCC(CO)Cc1ccc(Br)cc1)c1nnn(C2CC2)c1C(F)(F)F. The quantitative estimate of drug-likeness (QED) is 0.684. The van der Waals surface area contributed by atoms with Gasteiger partial charge in [0.15, 0.2) is 11.4 Å². The lowest BCUT2D eigenvalue weighted by Crippen LogP contribution is -2.33. The predicted molar refractivity (Wildman–Crippen MR) is 94.1 cm³/mol. The first-order valence-electron chi connectivity index (χ1n) is 8.45. The number of amides is 1. The first-order valence-corrected chi connectivity index (χ1v) is 9.24. The van der Waals surface area contributed by atoms with Crippen LogP contribution in [0.25, 0.3) is 0 Å². The van der Waals surface area contributed by atoms with Crippen LogP contribution in [-0.4, -0.2) is 39.2 Å². The average Bonchev–Trinajstić information content (AvgIpc) is 3.36. The van der Waals surface area contributed by atoms with Gasteiger partial charge in [-0.05, 0) is 37.0 Å². The monoisotopic (exact) mass is 446 g/mol. The molecule has 1 aromatic heterocycles. The van der Waals surface area contributed by atoms with Crippen LogP contribution in [0.3, 0.4) is 0 Å². The Labute approximate surface area is 161 Å². The number of carbonyl (C=O) groups excluding carboxylic acids is 1. The molecule has 0 radical (unpaired) electrons. The highest BCUT2D eigenvalue weighted by atomic mass is 79.9. The van der Waals surface area contributed by atoms with Crippen LogP contribution in [0.5, 0.6) is 0 Å². The molecule has 146 valence electrons. The molecule has 1 heterocycles. The minimum absolute atomic E-state index is 0.0268. The third kappa shape index (κ3) is 4.86. The second-order valence-electron chi connectivity index (χ2n) is 6.55. The lowest BCUT2D eigenvalue weighted by molar-refractivity contribution is -0.144. The van der Waals surface area contributed by atoms with E-state index < -0.39 is 23.5 Å². The van der Waals surface area contributed by atoms with E-state index in [1.807, 2.05) is 24.3 Å². The fourth-order valence-corrected chi connectivity index (χ4v) is 3.03. The molecule has 1 aliphatic rings. The highest BCUT2D eigenvalue weighted by Crippen LogP contribution is 2.40. The van der Waals surface area contributed by atoms with Gasteiger partial charge in [0.2, 0.25) is 0 Å². The smallest absolute Gasteiger partial charge is 0.396 e. The molecule has 1 fully saturated rings. The van der Waals surface area contributed by atoms with Gasteiger partial charge in [0.05, 0.1) is 6.04 Å². The van der Waals surface area contributed by atoms with Crippen molar-refractivity contribution in [2.75, 3.05) is 13.2 Å². The van der Waals surface area contributed by atoms with Crippen LogP contribution in [-0.2, 0) is 12.6 Å². The molecule has 1 unspecified atom stereocenters. The Hall–Kier alpha value is -1.94. The van der Waals surface area contributed by atoms with Crippen molar-refractivity contribution >= 4 is 21.8 Å². The van der Waals surface area contributed by atoms with Crippen LogP contribution in [0, 0.1) is 5.92 Å². The number of hydrogen-bond acceptors (Lipinski definition) is 4. The minimum atomic E-state index is -4.72. The van der Waals surface area contributed by atoms with E-state index in [0.29, 0.717) is 19.3 Å². The number of rotatable bonds is 7. The van der Waals surface area contributed by atoms with E-state index in [1.165, 1.54) is 0 Å². The number of hydrogen-bond donors (Lipinski definition) is 2. The minimum Gasteiger partial charge on any atom is -0.396 e. The van der Waals surface area contributed by atoms with Gasteiger partial charge in [-0.25, -0.2) is 4.68 Å². The fourth-order valence-electron chi connectivity index (χ4n) is 2.76. The van der Waals surface area contributed by atoms with E-state index >= 15 is 0 Å². The van der Waals surface area contributed by atoms with Gasteiger partial charge in [-0.2, -0.15) is 13.2 Å². The molecule has 1 amide bonds. The number of alkyl halides is 3. The molecule has 2 N–H and O–H groups in total. The van der Waals surface area contributed by atoms with Gasteiger partial charge in [0, 0.05) is 23.5 Å². The first-order chi connectivity index (χ1) is 12.8. The van der Waals surface area contributed by atoms with Crippen molar-refractivity contribution in [3.8, 4) is 0 Å². The summed E-state index contributed by atoms with van der Waals surface area (Å²) in [6.07, 6.45) is -3.06. The first kappa shape index (κ1) is 19.8. The van der Waals surface area contributed by atoms with Crippen molar-refractivity contribution in [1.29, 1.82) is 0 Å². The summed E-state index contributed by atoms with van der Waals surface area (Å²) in [5.74, 6) is -1.27. The molecular formula is C17H18BrF3N4O2. The van der Waals surface area contributed by atoms with Gasteiger partial charge in [-0.15, -0.1) is 5.10 Å². The molecule has 2 aromatic rings. The Morgan fingerprint density at radius 2 is 2.00 bits per heavy atom. The van der Waals surface area contributed by atoms with Gasteiger partial charge in [0.25, 0.3) is 5.91 Å². The van der Waals surface area contributed by atoms with Gasteiger partial charge in [0.1, 0.15) is 0 Å². The normalized spacial score (nSPS) is 15.6. The maximum atomic E-state index is 13.4. The van der Waals surface area contributed by atoms with Crippen LogP contribution >= 0.6 is 15.9 Å². The van der Waals surface area contributed by atoms with Crippen molar-refractivity contribution < 1.29 is 23.1 Å². The molecule has 1 aliphatic carbocycles. The number of nitrogens with one attached hydrogen (secondary N) is 1. The number of aromatic nitrogens is 3. The molecule has 3 rings (SSSR count). The van der Waals surface area contributed by atoms with Crippen molar-refractivity contribution in [1.82, 2.24) is 20.3 Å². The lowest BCUT2D eigenvalue weighted by atomic mass is 10.00. The van der Waals surface area contributed by atoms with Crippen LogP contribution in [0.1, 0.15) is 40.6 Å². The van der Waals surface area contributed by atoms with Crippen LogP contribution < -0.4 is 5.32 Å². The van der Waals surface area contributed by atoms with Gasteiger partial charge in [-0.1, -0.05) is 33.3 Å². The van der Waals surface area contributed by atoms with Crippen LogP contribution in [0.4, 0.5) is 13.2 Å². The molecule has 1 aromatic carbocycles. The van der Waals surface area contributed by atoms with Crippen LogP contribution in [0.15, 0.2) is 28.7 Å². The standard InChI is InChI=1S/C17H18BrF3N4O2/c18-12-3-1-10(2-4-12)7-11(9-26)8-22-16(27)14-15(17(19,20)21)25(24-23-14)13-5-6-13/h1-4,11,13,26H,5-9H2,(H,22,27). The second-order valence-corrected chi connectivity index (χ2v) is 7.47. The molecule has 0 saturated heterocycles. The van der Waals surface area contributed by atoms with Gasteiger partial charge < -0.3 is 10.4 Å². The topological polar surface area (TPSA) is 80.0 Å². The molecule has 6 nitrogen and oxygen atoms in total. The van der Waals surface area contributed by atoms with Crippen molar-refractivity contribution in [2.45, 2.75) is 31.5 Å². The molecule has 1 atom stereocenters. The van der Waals surface area contributed by atoms with Crippen LogP contribution in [0.2, 0.25) is 0 Å². The Morgan fingerprint density at radius 1 is 1.33 bits per heavy atom. The molecular weight excluding hydrogens is 429 g/mol. The summed E-state index contributed by atoms with van der Waals surface area (Å²) in [6.45, 7) is -0.184. The summed E-state index contributed by atoms with van der Waals surface area (Å²) in [6, 6.07) is 7.11. The lowest BCUT2D eigenvalue weighted by Gasteiger charge is -2.15. The average molecular weight is 447 g/mol. The van der Waals surface area contributed by atoms with E-state index in [1.54, 1.807) is 0 Å². The number of aliphatic hydroxyl groups is 1. The number of carbonyl (C=O) groups is 1. The van der Waals surface area contributed by atoms with Crippen molar-refractivity contribution in [2.24, 2.45) is 5.92 Å². The number of benzene rings is 1. The third-order valence-corrected chi connectivity index (χ3v) is 4.85. The summed E-state index contributed by atoms with van der Waals surface area (Å²) in [7, 11) is 0. The maximum absolute atomic E-state index is 13.4. The second kappa shape index (κ2) is 7.97. The summed E-state index contributed by atoms with van der Waals surface area (Å²) >= 11 is 3.33. The number of aliphatic hydroxyl groups excluding tert-OH is 1. The molecule has 10 heteroatoms. The summed E-state index contributed by atoms with van der Waals surface area (Å²) in [5, 5.41) is 18.9. The Kier molecular flexibility index (Phi) is 5.85. The highest BCUT2D eigenvalue weighted by Gasteiger charge is 2.44. The van der Waals surface area contributed by atoms with E-state index in [2.05, 4.69) is 31.6 Å². The van der Waals surface area contributed by atoms with E-state index in [0.717, 1.165) is 14.7 Å². The maximum Gasteiger partial charge on any atom is 0.435 e. The number of nitrogens with zero attached hydrogens (tertiary/aromatic N) is 3. The molecule has 1 saturated carbocycles. The predicted octanol–water partition coefficient (Wildman–Crippen LogP) is 2.98. The Balaban J connectivity index is 1.67. The molecule has 27 heavy (non-hydrogen) atoms. The molecule has 0 aliphatic heterocycles. The fraction of sp³-hybridized carbons (Fsp3) is 0.471. The highest BCUT2D eigenvalue weighted by molar-refractivity contribution is 9.10. The van der Waals surface area contributed by atoms with Crippen molar-refractivity contribution in [3.05, 3.63) is 45.7 Å². The van der Waals surface area contributed by atoms with E-state index in [4.69, 9.17) is 0 Å². The zero-order chi connectivity index (χ0) is 19.6. The Bertz CT molecular complexity index is 804. The molecule has 0 spiro atoms. The summed E-state index contributed by atoms with van der Waals surface area (Å²) in [5.41, 5.74) is -0.896. The Morgan fingerprint density at radius 3 is 2.56 bits per heavy atom. The van der Waals surface area contributed by atoms with Gasteiger partial charge >= 0.3 is 6.18 Å². The van der Waals surface area contributed by atoms with E-state index in [-0.39, 0.29) is 25.1 Å².